The molecule has 0 saturated carbocycles. The SMILES string of the molecule is NC(=O)COc1cccc(-c2nc(Nc3ccc(-c4cn[nH]c4)cc3)c3sccc3n2)c1. The molecule has 3 aromatic heterocycles. The molecule has 9 heteroatoms. The molecular formula is C23H18N6O2S. The third kappa shape index (κ3) is 4.14. The van der Waals surface area contributed by atoms with E-state index < -0.39 is 5.91 Å². The van der Waals surface area contributed by atoms with Crippen molar-refractivity contribution in [3.8, 4) is 28.3 Å². The normalized spacial score (nSPS) is 10.9. The van der Waals surface area contributed by atoms with Gasteiger partial charge in [0.25, 0.3) is 5.91 Å². The minimum atomic E-state index is -0.531. The van der Waals surface area contributed by atoms with Gasteiger partial charge in [-0.3, -0.25) is 9.89 Å². The summed E-state index contributed by atoms with van der Waals surface area (Å²) in [5, 5.41) is 12.2. The van der Waals surface area contributed by atoms with Crippen molar-refractivity contribution in [3.63, 3.8) is 0 Å². The van der Waals surface area contributed by atoms with E-state index in [0.717, 1.165) is 38.4 Å². The summed E-state index contributed by atoms with van der Waals surface area (Å²) in [5.74, 6) is 1.27. The molecule has 0 bridgehead atoms. The molecule has 0 unspecified atom stereocenters. The number of nitrogens with one attached hydrogen (secondary N) is 2. The first-order chi connectivity index (χ1) is 15.7. The Labute approximate surface area is 187 Å². The Kier molecular flexibility index (Phi) is 5.22. The average molecular weight is 443 g/mol. The summed E-state index contributed by atoms with van der Waals surface area (Å²) in [4.78, 5) is 20.5. The number of aromatic nitrogens is 4. The van der Waals surface area contributed by atoms with Crippen molar-refractivity contribution in [3.05, 3.63) is 72.4 Å². The van der Waals surface area contributed by atoms with Gasteiger partial charge in [-0.15, -0.1) is 11.3 Å². The van der Waals surface area contributed by atoms with E-state index in [9.17, 15) is 4.79 Å². The first kappa shape index (κ1) is 19.7. The molecule has 0 aliphatic heterocycles. The fourth-order valence-electron chi connectivity index (χ4n) is 3.25. The van der Waals surface area contributed by atoms with Crippen LogP contribution in [-0.2, 0) is 4.79 Å². The molecule has 158 valence electrons. The van der Waals surface area contributed by atoms with Crippen LogP contribution < -0.4 is 15.8 Å². The smallest absolute Gasteiger partial charge is 0.255 e. The predicted molar refractivity (Wildman–Crippen MR) is 125 cm³/mol. The number of H-pyrrole nitrogens is 1. The van der Waals surface area contributed by atoms with Gasteiger partial charge in [0.2, 0.25) is 0 Å². The zero-order chi connectivity index (χ0) is 21.9. The fraction of sp³-hybridized carbons (Fsp3) is 0.0435. The van der Waals surface area contributed by atoms with Crippen LogP contribution in [-0.4, -0.2) is 32.7 Å². The Morgan fingerprint density at radius 1 is 1.06 bits per heavy atom. The summed E-state index contributed by atoms with van der Waals surface area (Å²) in [6.07, 6.45) is 3.64. The minimum Gasteiger partial charge on any atom is -0.484 e. The molecule has 2 aromatic carbocycles. The van der Waals surface area contributed by atoms with E-state index in [1.807, 2.05) is 54.0 Å². The van der Waals surface area contributed by atoms with E-state index in [1.165, 1.54) is 0 Å². The van der Waals surface area contributed by atoms with Crippen molar-refractivity contribution in [2.45, 2.75) is 0 Å². The predicted octanol–water partition coefficient (Wildman–Crippen LogP) is 4.36. The van der Waals surface area contributed by atoms with Crippen molar-refractivity contribution in [1.82, 2.24) is 20.2 Å². The quantitative estimate of drug-likeness (QED) is 0.345. The molecule has 3 heterocycles. The van der Waals surface area contributed by atoms with Gasteiger partial charge in [0, 0.05) is 23.0 Å². The standard InChI is InChI=1S/C23H18N6O2S/c24-20(30)13-31-18-3-1-2-15(10-18)22-28-19-8-9-32-21(19)23(29-22)27-17-6-4-14(5-7-17)16-11-25-26-12-16/h1-12H,13H2,(H2,24,30)(H,25,26)(H,27,28,29). The minimum absolute atomic E-state index is 0.185. The van der Waals surface area contributed by atoms with Gasteiger partial charge < -0.3 is 15.8 Å². The van der Waals surface area contributed by atoms with Crippen molar-refractivity contribution >= 4 is 39.0 Å². The maximum Gasteiger partial charge on any atom is 0.255 e. The number of amides is 1. The third-order valence-corrected chi connectivity index (χ3v) is 5.67. The van der Waals surface area contributed by atoms with E-state index in [-0.39, 0.29) is 6.61 Å². The molecule has 4 N–H and O–H groups in total. The van der Waals surface area contributed by atoms with Crippen LogP contribution in [0.25, 0.3) is 32.7 Å². The zero-order valence-electron chi connectivity index (χ0n) is 16.8. The lowest BCUT2D eigenvalue weighted by atomic mass is 10.1. The highest BCUT2D eigenvalue weighted by molar-refractivity contribution is 7.17. The molecule has 0 aliphatic carbocycles. The molecule has 0 fully saturated rings. The van der Waals surface area contributed by atoms with Crippen LogP contribution in [0, 0.1) is 0 Å². The van der Waals surface area contributed by atoms with Gasteiger partial charge in [-0.2, -0.15) is 5.10 Å². The maximum atomic E-state index is 11.0. The fourth-order valence-corrected chi connectivity index (χ4v) is 4.02. The molecule has 0 aliphatic rings. The van der Waals surface area contributed by atoms with E-state index in [4.69, 9.17) is 20.4 Å². The molecule has 0 spiro atoms. The number of carbonyl (C=O) groups excluding carboxylic acids is 1. The Balaban J connectivity index is 1.46. The Hall–Kier alpha value is -4.24. The lowest BCUT2D eigenvalue weighted by Crippen LogP contribution is -2.19. The van der Waals surface area contributed by atoms with E-state index in [2.05, 4.69) is 15.5 Å². The Morgan fingerprint density at radius 2 is 1.94 bits per heavy atom. The highest BCUT2D eigenvalue weighted by Gasteiger charge is 2.12. The number of fused-ring (bicyclic) bond motifs is 1. The number of nitrogens with two attached hydrogens (primary N) is 1. The van der Waals surface area contributed by atoms with Gasteiger partial charge in [0.15, 0.2) is 18.2 Å². The lowest BCUT2D eigenvalue weighted by Gasteiger charge is -2.10. The number of ether oxygens (including phenoxy) is 1. The van der Waals surface area contributed by atoms with Crippen molar-refractivity contribution < 1.29 is 9.53 Å². The van der Waals surface area contributed by atoms with E-state index >= 15 is 0 Å². The molecule has 5 rings (SSSR count). The maximum absolute atomic E-state index is 11.0. The number of hydrogen-bond donors (Lipinski definition) is 3. The van der Waals surface area contributed by atoms with Crippen molar-refractivity contribution in [1.29, 1.82) is 0 Å². The summed E-state index contributed by atoms with van der Waals surface area (Å²) in [5.41, 5.74) is 9.80. The van der Waals surface area contributed by atoms with Gasteiger partial charge in [-0.1, -0.05) is 24.3 Å². The van der Waals surface area contributed by atoms with Crippen LogP contribution in [0.2, 0.25) is 0 Å². The van der Waals surface area contributed by atoms with Crippen LogP contribution in [0.5, 0.6) is 5.75 Å². The molecule has 0 radical (unpaired) electrons. The topological polar surface area (TPSA) is 119 Å². The second-order valence-electron chi connectivity index (χ2n) is 7.00. The van der Waals surface area contributed by atoms with E-state index in [0.29, 0.717) is 11.6 Å². The molecule has 5 aromatic rings. The van der Waals surface area contributed by atoms with Crippen LogP contribution in [0.15, 0.2) is 72.4 Å². The van der Waals surface area contributed by atoms with Gasteiger partial charge in [-0.25, -0.2) is 9.97 Å². The summed E-state index contributed by atoms with van der Waals surface area (Å²) in [7, 11) is 0. The summed E-state index contributed by atoms with van der Waals surface area (Å²) in [6, 6.07) is 17.3. The highest BCUT2D eigenvalue weighted by atomic mass is 32.1. The molecule has 0 saturated heterocycles. The van der Waals surface area contributed by atoms with Gasteiger partial charge >= 0.3 is 0 Å². The number of rotatable bonds is 7. The van der Waals surface area contributed by atoms with Gasteiger partial charge in [-0.05, 0) is 41.3 Å². The van der Waals surface area contributed by atoms with E-state index in [1.54, 1.807) is 29.7 Å². The molecular weight excluding hydrogens is 424 g/mol. The second kappa shape index (κ2) is 8.48. The van der Waals surface area contributed by atoms with Gasteiger partial charge in [0.05, 0.1) is 16.4 Å². The Bertz CT molecular complexity index is 1380. The highest BCUT2D eigenvalue weighted by Crippen LogP contribution is 2.32. The first-order valence-electron chi connectivity index (χ1n) is 9.79. The number of primary amides is 1. The molecule has 0 atom stereocenters. The lowest BCUT2D eigenvalue weighted by molar-refractivity contribution is -0.119. The van der Waals surface area contributed by atoms with Crippen LogP contribution in [0.1, 0.15) is 0 Å². The summed E-state index contributed by atoms with van der Waals surface area (Å²) < 4.78 is 6.39. The number of aromatic amines is 1. The summed E-state index contributed by atoms with van der Waals surface area (Å²) >= 11 is 1.58. The largest absolute Gasteiger partial charge is 0.484 e. The number of benzene rings is 2. The summed E-state index contributed by atoms with van der Waals surface area (Å²) in [6.45, 7) is -0.185. The third-order valence-electron chi connectivity index (χ3n) is 4.76. The second-order valence-corrected chi connectivity index (χ2v) is 7.92. The zero-order valence-corrected chi connectivity index (χ0v) is 17.6. The monoisotopic (exact) mass is 442 g/mol. The number of anilines is 2. The Morgan fingerprint density at radius 3 is 2.72 bits per heavy atom. The average Bonchev–Trinajstić information content (AvgIpc) is 3.51. The number of thiophene rings is 1. The van der Waals surface area contributed by atoms with Crippen LogP contribution >= 0.6 is 11.3 Å². The first-order valence-corrected chi connectivity index (χ1v) is 10.7. The number of carbonyl (C=O) groups is 1. The molecule has 32 heavy (non-hydrogen) atoms. The number of nitrogens with zero attached hydrogens (tertiary/aromatic N) is 3. The number of hydrogen-bond acceptors (Lipinski definition) is 7. The molecule has 1 amide bonds. The van der Waals surface area contributed by atoms with Crippen molar-refractivity contribution in [2.24, 2.45) is 5.73 Å². The van der Waals surface area contributed by atoms with Gasteiger partial charge in [0.1, 0.15) is 5.75 Å². The molecule has 8 nitrogen and oxygen atoms in total. The van der Waals surface area contributed by atoms with Crippen LogP contribution in [0.3, 0.4) is 0 Å². The van der Waals surface area contributed by atoms with Crippen LogP contribution in [0.4, 0.5) is 11.5 Å². The van der Waals surface area contributed by atoms with Crippen molar-refractivity contribution in [2.75, 3.05) is 11.9 Å².